The highest BCUT2D eigenvalue weighted by atomic mass is 32.2. The van der Waals surface area contributed by atoms with Gasteiger partial charge < -0.3 is 19.4 Å². The van der Waals surface area contributed by atoms with Crippen molar-refractivity contribution in [3.8, 4) is 17.0 Å². The Labute approximate surface area is 283 Å². The third-order valence-corrected chi connectivity index (χ3v) is 10.9. The molecular formula is C41H44N2O3S. The van der Waals surface area contributed by atoms with Gasteiger partial charge in [0.15, 0.2) is 5.60 Å². The molecule has 5 aromatic rings. The minimum Gasteiger partial charge on any atom is -0.494 e. The van der Waals surface area contributed by atoms with Crippen LogP contribution in [0.5, 0.6) is 5.75 Å². The molecule has 0 bridgehead atoms. The maximum atomic E-state index is 14.3. The van der Waals surface area contributed by atoms with Gasteiger partial charge in [0, 0.05) is 35.3 Å². The summed E-state index contributed by atoms with van der Waals surface area (Å²) in [5, 5.41) is 4.37. The number of hydrogen-bond donors (Lipinski definition) is 1. The Morgan fingerprint density at radius 3 is 2.02 bits per heavy atom. The van der Waals surface area contributed by atoms with Gasteiger partial charge in [0.1, 0.15) is 5.75 Å². The number of ether oxygens (including phenoxy) is 2. The van der Waals surface area contributed by atoms with Gasteiger partial charge in [0.25, 0.3) is 0 Å². The third-order valence-electron chi connectivity index (χ3n) is 9.76. The van der Waals surface area contributed by atoms with Crippen LogP contribution in [0.4, 0.5) is 5.69 Å². The van der Waals surface area contributed by atoms with E-state index in [0.717, 1.165) is 68.7 Å². The molecule has 1 aliphatic heterocycles. The van der Waals surface area contributed by atoms with E-state index in [0.29, 0.717) is 12.2 Å². The highest BCUT2D eigenvalue weighted by Gasteiger charge is 2.53. The van der Waals surface area contributed by atoms with E-state index >= 15 is 0 Å². The van der Waals surface area contributed by atoms with E-state index in [2.05, 4.69) is 105 Å². The predicted octanol–water partition coefficient (Wildman–Crippen LogP) is 10.2. The predicted molar refractivity (Wildman–Crippen MR) is 193 cm³/mol. The molecule has 1 unspecified atom stereocenters. The lowest BCUT2D eigenvalue weighted by Crippen LogP contribution is -2.30. The first-order chi connectivity index (χ1) is 22.8. The highest BCUT2D eigenvalue weighted by Crippen LogP contribution is 2.55. The summed E-state index contributed by atoms with van der Waals surface area (Å²) in [6.45, 7) is 12.3. The summed E-state index contributed by atoms with van der Waals surface area (Å²) in [7, 11) is 2.06. The molecule has 5 nitrogen and oxygen atoms in total. The second-order valence-electron chi connectivity index (χ2n) is 12.4. The van der Waals surface area contributed by atoms with Crippen molar-refractivity contribution in [1.82, 2.24) is 4.57 Å². The first-order valence-corrected chi connectivity index (χ1v) is 17.5. The SMILES string of the molecule is CCNc1ccc(C2(c3ccc(OCC)cc3)OC(=O)c3c2c(Sc2ccc(C(C)(CC)CC)cc2)n(C)c3-c2ccccc2)cc1. The standard InChI is InChI=1S/C41H44N2O3S/c1-7-40(5,8-2)29-20-26-34(27-21-29)47-38-36-35(37(43(38)6)28-14-12-11-13-15-28)39(44)46-41(36,30-16-22-32(23-17-30)42-9-3)31-18-24-33(25-19-31)45-10-4/h11-27,42H,7-10H2,1-6H3. The number of cyclic esters (lactones) is 1. The third kappa shape index (κ3) is 5.73. The van der Waals surface area contributed by atoms with Crippen LogP contribution in [0.25, 0.3) is 11.3 Å². The lowest BCUT2D eigenvalue weighted by atomic mass is 9.78. The van der Waals surface area contributed by atoms with Gasteiger partial charge in [-0.25, -0.2) is 4.79 Å². The largest absolute Gasteiger partial charge is 0.494 e. The van der Waals surface area contributed by atoms with Gasteiger partial charge in [-0.15, -0.1) is 0 Å². The number of nitrogens with one attached hydrogen (secondary N) is 1. The molecule has 0 radical (unpaired) electrons. The topological polar surface area (TPSA) is 52.5 Å². The first kappa shape index (κ1) is 32.5. The van der Waals surface area contributed by atoms with Crippen LogP contribution in [0.15, 0.2) is 113 Å². The van der Waals surface area contributed by atoms with Gasteiger partial charge in [-0.3, -0.25) is 0 Å². The van der Waals surface area contributed by atoms with Crippen LogP contribution in [-0.4, -0.2) is 23.7 Å². The second kappa shape index (κ2) is 13.4. The number of fused-ring (bicyclic) bond motifs is 1. The van der Waals surface area contributed by atoms with Crippen LogP contribution in [0, 0.1) is 0 Å². The Hall–Kier alpha value is -4.42. The number of esters is 1. The molecule has 6 heteroatoms. The van der Waals surface area contributed by atoms with Crippen LogP contribution in [0.1, 0.15) is 80.1 Å². The number of anilines is 1. The number of nitrogens with zero attached hydrogens (tertiary/aromatic N) is 1. The second-order valence-corrected chi connectivity index (χ2v) is 13.4. The maximum Gasteiger partial charge on any atom is 0.342 e. The normalized spacial score (nSPS) is 15.7. The minimum atomic E-state index is -1.17. The zero-order chi connectivity index (χ0) is 33.2. The summed E-state index contributed by atoms with van der Waals surface area (Å²) in [6, 6.07) is 35.4. The molecule has 0 fully saturated rings. The van der Waals surface area contributed by atoms with E-state index in [1.807, 2.05) is 49.4 Å². The van der Waals surface area contributed by atoms with Crippen molar-refractivity contribution in [2.45, 2.75) is 68.4 Å². The Balaban J connectivity index is 1.60. The van der Waals surface area contributed by atoms with Crippen LogP contribution in [0.2, 0.25) is 0 Å². The van der Waals surface area contributed by atoms with Crippen molar-refractivity contribution < 1.29 is 14.3 Å². The quantitative estimate of drug-likeness (QED) is 0.137. The number of hydrogen-bond acceptors (Lipinski definition) is 5. The molecule has 0 saturated heterocycles. The molecule has 0 spiro atoms. The van der Waals surface area contributed by atoms with Gasteiger partial charge in [-0.1, -0.05) is 99.3 Å². The van der Waals surface area contributed by atoms with E-state index in [1.165, 1.54) is 5.56 Å². The Bertz CT molecular complexity index is 1790. The van der Waals surface area contributed by atoms with Gasteiger partial charge >= 0.3 is 5.97 Å². The van der Waals surface area contributed by atoms with Crippen molar-refractivity contribution in [2.24, 2.45) is 7.05 Å². The van der Waals surface area contributed by atoms with Crippen molar-refractivity contribution in [3.05, 3.63) is 131 Å². The molecule has 1 atom stereocenters. The lowest BCUT2D eigenvalue weighted by molar-refractivity contribution is 0.0241. The Morgan fingerprint density at radius 2 is 1.45 bits per heavy atom. The summed E-state index contributed by atoms with van der Waals surface area (Å²) < 4.78 is 14.7. The molecule has 1 aromatic heterocycles. The van der Waals surface area contributed by atoms with Crippen molar-refractivity contribution in [1.29, 1.82) is 0 Å². The van der Waals surface area contributed by atoms with E-state index in [1.54, 1.807) is 11.8 Å². The smallest absolute Gasteiger partial charge is 0.342 e. The number of aromatic nitrogens is 1. The molecule has 1 N–H and O–H groups in total. The van der Waals surface area contributed by atoms with E-state index in [-0.39, 0.29) is 11.4 Å². The maximum absolute atomic E-state index is 14.3. The van der Waals surface area contributed by atoms with E-state index in [9.17, 15) is 4.79 Å². The van der Waals surface area contributed by atoms with Gasteiger partial charge in [-0.2, -0.15) is 0 Å². The van der Waals surface area contributed by atoms with Gasteiger partial charge in [0.2, 0.25) is 0 Å². The summed E-state index contributed by atoms with van der Waals surface area (Å²) in [5.41, 5.74) is 6.38. The zero-order valence-electron chi connectivity index (χ0n) is 28.2. The fourth-order valence-corrected chi connectivity index (χ4v) is 7.80. The Kier molecular flexibility index (Phi) is 9.25. The number of carbonyl (C=O) groups excluding carboxylic acids is 1. The van der Waals surface area contributed by atoms with Crippen molar-refractivity contribution in [3.63, 3.8) is 0 Å². The lowest BCUT2D eigenvalue weighted by Gasteiger charge is -2.31. The molecule has 0 amide bonds. The summed E-state index contributed by atoms with van der Waals surface area (Å²) in [4.78, 5) is 15.4. The Morgan fingerprint density at radius 1 is 0.830 bits per heavy atom. The zero-order valence-corrected chi connectivity index (χ0v) is 29.0. The van der Waals surface area contributed by atoms with Gasteiger partial charge in [-0.05, 0) is 79.6 Å². The minimum absolute atomic E-state index is 0.137. The summed E-state index contributed by atoms with van der Waals surface area (Å²) in [6.07, 6.45) is 2.16. The number of carbonyl (C=O) groups is 1. The number of rotatable bonds is 12. The molecule has 242 valence electrons. The molecule has 6 rings (SSSR count). The van der Waals surface area contributed by atoms with Crippen molar-refractivity contribution >= 4 is 23.4 Å². The summed E-state index contributed by atoms with van der Waals surface area (Å²) >= 11 is 1.68. The van der Waals surface area contributed by atoms with Crippen LogP contribution < -0.4 is 10.1 Å². The molecular weight excluding hydrogens is 601 g/mol. The average Bonchev–Trinajstić information content (AvgIpc) is 3.57. The van der Waals surface area contributed by atoms with Crippen LogP contribution >= 0.6 is 11.8 Å². The molecule has 2 heterocycles. The first-order valence-electron chi connectivity index (χ1n) is 16.7. The van der Waals surface area contributed by atoms with E-state index in [4.69, 9.17) is 9.47 Å². The molecule has 47 heavy (non-hydrogen) atoms. The highest BCUT2D eigenvalue weighted by molar-refractivity contribution is 7.99. The van der Waals surface area contributed by atoms with Crippen LogP contribution in [0.3, 0.4) is 0 Å². The summed E-state index contributed by atoms with van der Waals surface area (Å²) in [5.74, 6) is 0.445. The van der Waals surface area contributed by atoms with Gasteiger partial charge in [0.05, 0.1) is 28.5 Å². The fraction of sp³-hybridized carbons (Fsp3) is 0.293. The molecule has 0 aliphatic carbocycles. The number of benzene rings is 4. The molecule has 1 aliphatic rings. The van der Waals surface area contributed by atoms with Crippen molar-refractivity contribution in [2.75, 3.05) is 18.5 Å². The van der Waals surface area contributed by atoms with Crippen LogP contribution in [-0.2, 0) is 22.8 Å². The monoisotopic (exact) mass is 644 g/mol. The molecule has 0 saturated carbocycles. The van der Waals surface area contributed by atoms with E-state index < -0.39 is 5.60 Å². The molecule has 4 aromatic carbocycles. The average molecular weight is 645 g/mol. The fourth-order valence-electron chi connectivity index (χ4n) is 6.73.